The van der Waals surface area contributed by atoms with E-state index < -0.39 is 0 Å². The Hall–Kier alpha value is -3.85. The van der Waals surface area contributed by atoms with Gasteiger partial charge in [0.1, 0.15) is 12.0 Å². The minimum absolute atomic E-state index is 0.185. The van der Waals surface area contributed by atoms with Gasteiger partial charge in [0.05, 0.1) is 35.8 Å². The molecule has 0 aliphatic heterocycles. The van der Waals surface area contributed by atoms with Crippen molar-refractivity contribution in [2.75, 3.05) is 14.2 Å². The van der Waals surface area contributed by atoms with Crippen LogP contribution < -0.4 is 0 Å². The second-order valence-corrected chi connectivity index (χ2v) is 8.42. The highest BCUT2D eigenvalue weighted by atomic mass is 16.5. The lowest BCUT2D eigenvalue weighted by atomic mass is 10.0. The van der Waals surface area contributed by atoms with Gasteiger partial charge in [0.15, 0.2) is 0 Å². The third kappa shape index (κ3) is 3.88. The Bertz CT molecular complexity index is 1310. The van der Waals surface area contributed by atoms with Gasteiger partial charge in [0.2, 0.25) is 0 Å². The van der Waals surface area contributed by atoms with Gasteiger partial charge in [0, 0.05) is 32.0 Å². The number of hydrogen-bond donors (Lipinski definition) is 0. The number of amides is 1. The van der Waals surface area contributed by atoms with Gasteiger partial charge in [-0.1, -0.05) is 29.4 Å². The van der Waals surface area contributed by atoms with Crippen molar-refractivity contribution < 1.29 is 14.1 Å². The monoisotopic (exact) mass is 458 g/mol. The normalized spacial score (nSPS) is 13.6. The molecule has 9 nitrogen and oxygen atoms in total. The second-order valence-electron chi connectivity index (χ2n) is 8.42. The van der Waals surface area contributed by atoms with E-state index in [1.54, 1.807) is 36.0 Å². The molecule has 1 amide bonds. The fourth-order valence-electron chi connectivity index (χ4n) is 4.36. The molecule has 3 aromatic heterocycles. The van der Waals surface area contributed by atoms with Gasteiger partial charge in [-0.2, -0.15) is 9.78 Å². The van der Waals surface area contributed by atoms with E-state index >= 15 is 0 Å². The fourth-order valence-corrected chi connectivity index (χ4v) is 4.36. The first kappa shape index (κ1) is 22.0. The van der Waals surface area contributed by atoms with Crippen LogP contribution in [-0.2, 0) is 24.2 Å². The second kappa shape index (κ2) is 9.18. The molecule has 1 atom stereocenters. The molecule has 1 aliphatic rings. The first-order valence-corrected chi connectivity index (χ1v) is 11.3. The van der Waals surface area contributed by atoms with Crippen LogP contribution in [0.5, 0.6) is 0 Å². The van der Waals surface area contributed by atoms with E-state index in [1.807, 2.05) is 19.2 Å². The third-order valence-corrected chi connectivity index (χ3v) is 6.37. The number of aromatic nitrogens is 5. The largest absolute Gasteiger partial charge is 0.378 e. The van der Waals surface area contributed by atoms with Crippen molar-refractivity contribution in [3.8, 4) is 17.2 Å². The van der Waals surface area contributed by atoms with E-state index in [9.17, 15) is 4.79 Å². The Kier molecular flexibility index (Phi) is 5.93. The Labute approximate surface area is 197 Å². The van der Waals surface area contributed by atoms with Crippen LogP contribution in [0.4, 0.5) is 0 Å². The van der Waals surface area contributed by atoms with Gasteiger partial charge in [-0.25, -0.2) is 9.97 Å². The van der Waals surface area contributed by atoms with Crippen LogP contribution in [-0.4, -0.2) is 49.9 Å². The van der Waals surface area contributed by atoms with Crippen LogP contribution in [0.25, 0.3) is 17.2 Å². The summed E-state index contributed by atoms with van der Waals surface area (Å²) in [7, 11) is 3.31. The van der Waals surface area contributed by atoms with Crippen molar-refractivity contribution in [3.05, 3.63) is 77.1 Å². The van der Waals surface area contributed by atoms with Crippen molar-refractivity contribution in [3.63, 3.8) is 0 Å². The van der Waals surface area contributed by atoms with Crippen molar-refractivity contribution in [1.29, 1.82) is 0 Å². The van der Waals surface area contributed by atoms with Gasteiger partial charge in [0.25, 0.3) is 11.9 Å². The standard InChI is InChI=1S/C25H26N6O3/c1-16(21-11-12-34-29-21)30(2)24(32)20-14-27-31(22(20)15-33-3)25-26-13-18-9-6-8-17-7-4-5-10-19(17)23(18)28-25/h4-5,7,10-14,16H,6,8-9,15H2,1-3H3. The van der Waals surface area contributed by atoms with E-state index in [4.69, 9.17) is 14.2 Å². The molecule has 0 bridgehead atoms. The number of ether oxygens (including phenoxy) is 1. The Morgan fingerprint density at radius 1 is 1.21 bits per heavy atom. The number of benzene rings is 1. The van der Waals surface area contributed by atoms with Crippen LogP contribution >= 0.6 is 0 Å². The number of carbonyl (C=O) groups excluding carboxylic acids is 1. The number of rotatable bonds is 6. The summed E-state index contributed by atoms with van der Waals surface area (Å²) in [6.45, 7) is 2.08. The zero-order valence-electron chi connectivity index (χ0n) is 19.4. The highest BCUT2D eigenvalue weighted by Crippen LogP contribution is 2.31. The molecule has 0 saturated carbocycles. The molecule has 3 heterocycles. The van der Waals surface area contributed by atoms with Gasteiger partial charge in [-0.15, -0.1) is 0 Å². The molecule has 0 radical (unpaired) electrons. The molecule has 34 heavy (non-hydrogen) atoms. The smallest absolute Gasteiger partial charge is 0.257 e. The molecule has 0 saturated heterocycles. The predicted octanol–water partition coefficient (Wildman–Crippen LogP) is 3.79. The minimum Gasteiger partial charge on any atom is -0.378 e. The van der Waals surface area contributed by atoms with Crippen LogP contribution in [0.3, 0.4) is 0 Å². The van der Waals surface area contributed by atoms with Crippen LogP contribution in [0.2, 0.25) is 0 Å². The number of hydrogen-bond acceptors (Lipinski definition) is 7. The molecule has 0 spiro atoms. The number of nitrogens with zero attached hydrogens (tertiary/aromatic N) is 6. The average molecular weight is 459 g/mol. The zero-order valence-corrected chi connectivity index (χ0v) is 19.4. The number of carbonyl (C=O) groups is 1. The summed E-state index contributed by atoms with van der Waals surface area (Å²) < 4.78 is 12.0. The van der Waals surface area contributed by atoms with Gasteiger partial charge in [-0.05, 0) is 37.3 Å². The number of methoxy groups -OCH3 is 1. The fraction of sp³-hybridized carbons (Fsp3) is 0.320. The summed E-state index contributed by atoms with van der Waals surface area (Å²) >= 11 is 0. The highest BCUT2D eigenvalue weighted by molar-refractivity contribution is 5.95. The Morgan fingerprint density at radius 3 is 2.82 bits per heavy atom. The van der Waals surface area contributed by atoms with Crippen molar-refractivity contribution in [2.24, 2.45) is 0 Å². The topological polar surface area (TPSA) is 99.2 Å². The summed E-state index contributed by atoms with van der Waals surface area (Å²) in [5.74, 6) is 0.211. The molecular formula is C25H26N6O3. The number of aryl methyl sites for hydroxylation is 2. The van der Waals surface area contributed by atoms with E-state index in [2.05, 4.69) is 33.4 Å². The summed E-state index contributed by atoms with van der Waals surface area (Å²) in [4.78, 5) is 24.5. The third-order valence-electron chi connectivity index (χ3n) is 6.37. The zero-order chi connectivity index (χ0) is 23.7. The molecule has 1 aliphatic carbocycles. The molecule has 1 unspecified atom stereocenters. The lowest BCUT2D eigenvalue weighted by Crippen LogP contribution is -2.30. The van der Waals surface area contributed by atoms with Gasteiger partial charge >= 0.3 is 0 Å². The molecule has 1 aromatic carbocycles. The summed E-state index contributed by atoms with van der Waals surface area (Å²) in [6.07, 6.45) is 7.89. The lowest BCUT2D eigenvalue weighted by Gasteiger charge is -2.23. The van der Waals surface area contributed by atoms with Crippen molar-refractivity contribution in [1.82, 2.24) is 29.8 Å². The maximum Gasteiger partial charge on any atom is 0.257 e. The van der Waals surface area contributed by atoms with E-state index in [0.29, 0.717) is 22.9 Å². The Morgan fingerprint density at radius 2 is 2.03 bits per heavy atom. The van der Waals surface area contributed by atoms with Crippen LogP contribution in [0.1, 0.15) is 52.3 Å². The summed E-state index contributed by atoms with van der Waals surface area (Å²) in [5.41, 5.74) is 6.13. The molecule has 5 rings (SSSR count). The first-order chi connectivity index (χ1) is 16.6. The molecule has 9 heteroatoms. The highest BCUT2D eigenvalue weighted by Gasteiger charge is 2.27. The first-order valence-electron chi connectivity index (χ1n) is 11.3. The average Bonchev–Trinajstić information content (AvgIpc) is 3.50. The molecule has 4 aromatic rings. The lowest BCUT2D eigenvalue weighted by molar-refractivity contribution is 0.0732. The summed E-state index contributed by atoms with van der Waals surface area (Å²) in [5, 5.41) is 8.45. The number of fused-ring (bicyclic) bond motifs is 3. The molecule has 174 valence electrons. The maximum atomic E-state index is 13.4. The van der Waals surface area contributed by atoms with Crippen molar-refractivity contribution in [2.45, 2.75) is 38.8 Å². The predicted molar refractivity (Wildman–Crippen MR) is 124 cm³/mol. The molecular weight excluding hydrogens is 432 g/mol. The Balaban J connectivity index is 1.54. The van der Waals surface area contributed by atoms with Crippen LogP contribution in [0, 0.1) is 0 Å². The molecule has 0 fully saturated rings. The van der Waals surface area contributed by atoms with E-state index in [-0.39, 0.29) is 18.6 Å². The molecule has 0 N–H and O–H groups in total. The van der Waals surface area contributed by atoms with E-state index in [0.717, 1.165) is 36.1 Å². The maximum absolute atomic E-state index is 13.4. The van der Waals surface area contributed by atoms with E-state index in [1.165, 1.54) is 11.8 Å². The van der Waals surface area contributed by atoms with Crippen molar-refractivity contribution >= 4 is 5.91 Å². The van der Waals surface area contributed by atoms with Gasteiger partial charge < -0.3 is 14.2 Å². The minimum atomic E-state index is -0.273. The van der Waals surface area contributed by atoms with Crippen LogP contribution in [0.15, 0.2) is 53.5 Å². The quantitative estimate of drug-likeness (QED) is 0.433. The van der Waals surface area contributed by atoms with Gasteiger partial charge in [-0.3, -0.25) is 4.79 Å². The SMILES string of the molecule is COCc1c(C(=O)N(C)C(C)c2ccon2)cnn1-c1ncc2c(n1)-c1ccccc1CCC2. The summed E-state index contributed by atoms with van der Waals surface area (Å²) in [6, 6.07) is 9.82.